The molecule has 0 spiro atoms. The van der Waals surface area contributed by atoms with Gasteiger partial charge in [-0.1, -0.05) is 26.8 Å². The van der Waals surface area contributed by atoms with E-state index in [0.29, 0.717) is 0 Å². The highest BCUT2D eigenvalue weighted by atomic mass is 19.1. The van der Waals surface area contributed by atoms with Crippen LogP contribution in [0.15, 0.2) is 18.2 Å². The highest BCUT2D eigenvalue weighted by molar-refractivity contribution is 5.24. The van der Waals surface area contributed by atoms with Crippen LogP contribution in [-0.2, 0) is 0 Å². The molecular weight excluding hydrogens is 236 g/mol. The molecule has 0 radical (unpaired) electrons. The van der Waals surface area contributed by atoms with E-state index in [4.69, 9.17) is 5.73 Å². The first kappa shape index (κ1) is 15.1. The SMILES string of the molecule is CCC(C)(C)C(O)C(CN)c1ccc(F)cc1F. The molecule has 102 valence electrons. The van der Waals surface area contributed by atoms with Crippen molar-refractivity contribution in [3.8, 4) is 0 Å². The van der Waals surface area contributed by atoms with Gasteiger partial charge in [0, 0.05) is 18.5 Å². The molecule has 0 saturated heterocycles. The Kier molecular flexibility index (Phi) is 4.82. The topological polar surface area (TPSA) is 46.2 Å². The van der Waals surface area contributed by atoms with Crippen molar-refractivity contribution in [1.29, 1.82) is 0 Å². The minimum atomic E-state index is -0.771. The maximum atomic E-state index is 13.7. The molecule has 2 unspecified atom stereocenters. The summed E-state index contributed by atoms with van der Waals surface area (Å²) in [5.41, 5.74) is 5.54. The van der Waals surface area contributed by atoms with Crippen LogP contribution in [0.2, 0.25) is 0 Å². The fraction of sp³-hybridized carbons (Fsp3) is 0.571. The van der Waals surface area contributed by atoms with Crippen LogP contribution < -0.4 is 5.73 Å². The Hall–Kier alpha value is -1.00. The average molecular weight is 257 g/mol. The Balaban J connectivity index is 3.10. The summed E-state index contributed by atoms with van der Waals surface area (Å²) >= 11 is 0. The predicted octanol–water partition coefficient (Wildman–Crippen LogP) is 2.80. The Labute approximate surface area is 107 Å². The van der Waals surface area contributed by atoms with Crippen molar-refractivity contribution < 1.29 is 13.9 Å². The number of benzene rings is 1. The van der Waals surface area contributed by atoms with Crippen molar-refractivity contribution in [1.82, 2.24) is 0 Å². The van der Waals surface area contributed by atoms with E-state index in [1.165, 1.54) is 12.1 Å². The lowest BCUT2D eigenvalue weighted by Gasteiger charge is -2.35. The second-order valence-electron chi connectivity index (χ2n) is 5.30. The molecule has 1 rings (SSSR count). The van der Waals surface area contributed by atoms with Crippen LogP contribution in [0.3, 0.4) is 0 Å². The van der Waals surface area contributed by atoms with Crippen molar-refractivity contribution in [2.45, 2.75) is 39.2 Å². The molecule has 0 amide bonds. The highest BCUT2D eigenvalue weighted by Crippen LogP contribution is 2.35. The van der Waals surface area contributed by atoms with E-state index >= 15 is 0 Å². The Morgan fingerprint density at radius 2 is 1.94 bits per heavy atom. The van der Waals surface area contributed by atoms with Crippen LogP contribution >= 0.6 is 0 Å². The van der Waals surface area contributed by atoms with Gasteiger partial charge in [0.15, 0.2) is 0 Å². The zero-order chi connectivity index (χ0) is 13.9. The van der Waals surface area contributed by atoms with Crippen LogP contribution in [0, 0.1) is 17.0 Å². The second kappa shape index (κ2) is 5.76. The van der Waals surface area contributed by atoms with Crippen LogP contribution in [0.5, 0.6) is 0 Å². The number of rotatable bonds is 5. The third-order valence-corrected chi connectivity index (χ3v) is 3.71. The van der Waals surface area contributed by atoms with Gasteiger partial charge in [-0.15, -0.1) is 0 Å². The van der Waals surface area contributed by atoms with Crippen molar-refractivity contribution >= 4 is 0 Å². The van der Waals surface area contributed by atoms with Crippen LogP contribution in [0.25, 0.3) is 0 Å². The summed E-state index contributed by atoms with van der Waals surface area (Å²) in [5, 5.41) is 10.3. The van der Waals surface area contributed by atoms with Gasteiger partial charge in [0.05, 0.1) is 6.10 Å². The summed E-state index contributed by atoms with van der Waals surface area (Å²) in [6, 6.07) is 3.37. The third-order valence-electron chi connectivity index (χ3n) is 3.71. The summed E-state index contributed by atoms with van der Waals surface area (Å²) in [4.78, 5) is 0. The predicted molar refractivity (Wildman–Crippen MR) is 68.2 cm³/mol. The molecule has 2 atom stereocenters. The molecule has 3 N–H and O–H groups in total. The number of aliphatic hydroxyl groups is 1. The van der Waals surface area contributed by atoms with E-state index in [1.54, 1.807) is 0 Å². The summed E-state index contributed by atoms with van der Waals surface area (Å²) < 4.78 is 26.6. The van der Waals surface area contributed by atoms with Crippen molar-refractivity contribution in [3.63, 3.8) is 0 Å². The van der Waals surface area contributed by atoms with Gasteiger partial charge in [0.1, 0.15) is 11.6 Å². The maximum Gasteiger partial charge on any atom is 0.129 e. The number of aliphatic hydroxyl groups excluding tert-OH is 1. The molecule has 0 aliphatic carbocycles. The van der Waals surface area contributed by atoms with E-state index < -0.39 is 23.7 Å². The van der Waals surface area contributed by atoms with Gasteiger partial charge in [-0.2, -0.15) is 0 Å². The van der Waals surface area contributed by atoms with E-state index in [0.717, 1.165) is 12.5 Å². The zero-order valence-corrected chi connectivity index (χ0v) is 11.1. The van der Waals surface area contributed by atoms with E-state index in [1.807, 2.05) is 20.8 Å². The summed E-state index contributed by atoms with van der Waals surface area (Å²) in [5.74, 6) is -1.81. The lowest BCUT2D eigenvalue weighted by atomic mass is 9.75. The van der Waals surface area contributed by atoms with Gasteiger partial charge in [-0.25, -0.2) is 8.78 Å². The Morgan fingerprint density at radius 3 is 2.39 bits per heavy atom. The zero-order valence-electron chi connectivity index (χ0n) is 11.1. The van der Waals surface area contributed by atoms with Gasteiger partial charge in [-0.3, -0.25) is 0 Å². The fourth-order valence-corrected chi connectivity index (χ4v) is 1.98. The first-order chi connectivity index (χ1) is 8.33. The third kappa shape index (κ3) is 3.06. The molecule has 1 aromatic carbocycles. The number of hydrogen-bond donors (Lipinski definition) is 2. The van der Waals surface area contributed by atoms with Crippen molar-refractivity contribution in [2.75, 3.05) is 6.54 Å². The highest BCUT2D eigenvalue weighted by Gasteiger charge is 2.34. The maximum absolute atomic E-state index is 13.7. The van der Waals surface area contributed by atoms with E-state index in [-0.39, 0.29) is 17.5 Å². The lowest BCUT2D eigenvalue weighted by molar-refractivity contribution is 0.0256. The molecule has 0 fully saturated rings. The first-order valence-electron chi connectivity index (χ1n) is 6.16. The largest absolute Gasteiger partial charge is 0.392 e. The van der Waals surface area contributed by atoms with E-state index in [2.05, 4.69) is 0 Å². The monoisotopic (exact) mass is 257 g/mol. The van der Waals surface area contributed by atoms with Gasteiger partial charge in [0.2, 0.25) is 0 Å². The van der Waals surface area contributed by atoms with Gasteiger partial charge >= 0.3 is 0 Å². The smallest absolute Gasteiger partial charge is 0.129 e. The van der Waals surface area contributed by atoms with E-state index in [9.17, 15) is 13.9 Å². The minimum Gasteiger partial charge on any atom is -0.392 e. The molecule has 18 heavy (non-hydrogen) atoms. The second-order valence-corrected chi connectivity index (χ2v) is 5.30. The quantitative estimate of drug-likeness (QED) is 0.852. The molecule has 0 aliphatic rings. The molecule has 1 aromatic rings. The average Bonchev–Trinajstić information content (AvgIpc) is 2.32. The Bertz CT molecular complexity index is 407. The standard InChI is InChI=1S/C14H21F2NO/c1-4-14(2,3)13(18)11(8-17)10-6-5-9(15)7-12(10)16/h5-7,11,13,18H,4,8,17H2,1-3H3. The number of hydrogen-bond acceptors (Lipinski definition) is 2. The molecular formula is C14H21F2NO. The van der Waals surface area contributed by atoms with Crippen molar-refractivity contribution in [3.05, 3.63) is 35.4 Å². The normalized spacial score (nSPS) is 15.5. The molecule has 4 heteroatoms. The fourth-order valence-electron chi connectivity index (χ4n) is 1.98. The van der Waals surface area contributed by atoms with Crippen LogP contribution in [0.4, 0.5) is 8.78 Å². The molecule has 0 bridgehead atoms. The van der Waals surface area contributed by atoms with Crippen LogP contribution in [0.1, 0.15) is 38.7 Å². The van der Waals surface area contributed by atoms with Crippen LogP contribution in [-0.4, -0.2) is 17.8 Å². The lowest BCUT2D eigenvalue weighted by Crippen LogP contribution is -2.38. The summed E-state index contributed by atoms with van der Waals surface area (Å²) in [6.45, 7) is 5.88. The summed E-state index contributed by atoms with van der Waals surface area (Å²) in [7, 11) is 0. The molecule has 0 aliphatic heterocycles. The minimum absolute atomic E-state index is 0.118. The molecule has 0 saturated carbocycles. The number of nitrogens with two attached hydrogens (primary N) is 1. The molecule has 2 nitrogen and oxygen atoms in total. The van der Waals surface area contributed by atoms with Gasteiger partial charge < -0.3 is 10.8 Å². The Morgan fingerprint density at radius 1 is 1.33 bits per heavy atom. The molecule has 0 aromatic heterocycles. The summed E-state index contributed by atoms with van der Waals surface area (Å²) in [6.07, 6.45) is -0.0273. The van der Waals surface area contributed by atoms with Crippen molar-refractivity contribution in [2.24, 2.45) is 11.1 Å². The molecule has 0 heterocycles. The first-order valence-corrected chi connectivity index (χ1v) is 6.16. The van der Waals surface area contributed by atoms with Gasteiger partial charge in [-0.05, 0) is 23.5 Å². The number of halogens is 2. The van der Waals surface area contributed by atoms with Gasteiger partial charge in [0.25, 0.3) is 0 Å².